The number of nitrogens with two attached hydrogens (primary N) is 1. The van der Waals surface area contributed by atoms with E-state index in [9.17, 15) is 4.79 Å². The van der Waals surface area contributed by atoms with Crippen LogP contribution in [0.2, 0.25) is 0 Å². The summed E-state index contributed by atoms with van der Waals surface area (Å²) in [6.45, 7) is -0.00863. The van der Waals surface area contributed by atoms with Gasteiger partial charge in [0.15, 0.2) is 11.5 Å². The van der Waals surface area contributed by atoms with Crippen molar-refractivity contribution in [2.24, 2.45) is 5.73 Å². The van der Waals surface area contributed by atoms with E-state index in [0.717, 1.165) is 0 Å². The summed E-state index contributed by atoms with van der Waals surface area (Å²) in [6.07, 6.45) is 0. The van der Waals surface area contributed by atoms with E-state index >= 15 is 0 Å². The number of carboxylic acids is 1. The molecule has 94 valence electrons. The van der Waals surface area contributed by atoms with Crippen molar-refractivity contribution in [2.75, 3.05) is 20.8 Å². The van der Waals surface area contributed by atoms with Crippen LogP contribution in [0, 0.1) is 0 Å². The van der Waals surface area contributed by atoms with Gasteiger partial charge in [0.05, 0.1) is 20.1 Å². The highest BCUT2D eigenvalue weighted by atomic mass is 79.9. The van der Waals surface area contributed by atoms with Crippen LogP contribution in [-0.2, 0) is 4.79 Å². The molecule has 0 amide bonds. The Morgan fingerprint density at radius 1 is 1.47 bits per heavy atom. The number of ether oxygens (including phenoxy) is 2. The Hall–Kier alpha value is -1.27. The van der Waals surface area contributed by atoms with E-state index in [2.05, 4.69) is 15.9 Å². The molecule has 0 fully saturated rings. The quantitative estimate of drug-likeness (QED) is 0.863. The normalized spacial score (nSPS) is 12.0. The SMILES string of the molecule is COc1cc(Br)cc(C(CN)C(=O)O)c1OC. The Bertz CT molecular complexity index is 422. The van der Waals surface area contributed by atoms with Gasteiger partial charge in [0.1, 0.15) is 0 Å². The fourth-order valence-corrected chi connectivity index (χ4v) is 2.03. The van der Waals surface area contributed by atoms with Crippen molar-refractivity contribution < 1.29 is 19.4 Å². The van der Waals surface area contributed by atoms with Gasteiger partial charge in [-0.05, 0) is 12.1 Å². The van der Waals surface area contributed by atoms with E-state index in [1.54, 1.807) is 12.1 Å². The topological polar surface area (TPSA) is 81.8 Å². The van der Waals surface area contributed by atoms with E-state index in [0.29, 0.717) is 21.5 Å². The van der Waals surface area contributed by atoms with Gasteiger partial charge in [-0.1, -0.05) is 15.9 Å². The molecule has 1 aromatic rings. The molecule has 0 aliphatic carbocycles. The third kappa shape index (κ3) is 2.89. The number of halogens is 1. The molecule has 3 N–H and O–H groups in total. The second-order valence-electron chi connectivity index (χ2n) is 3.36. The van der Waals surface area contributed by atoms with Crippen LogP contribution >= 0.6 is 15.9 Å². The molecule has 0 aromatic heterocycles. The van der Waals surface area contributed by atoms with Gasteiger partial charge >= 0.3 is 5.97 Å². The zero-order valence-corrected chi connectivity index (χ0v) is 11.2. The van der Waals surface area contributed by atoms with E-state index < -0.39 is 11.9 Å². The summed E-state index contributed by atoms with van der Waals surface area (Å²) in [4.78, 5) is 11.1. The third-order valence-electron chi connectivity index (χ3n) is 2.38. The van der Waals surface area contributed by atoms with Gasteiger partial charge in [0, 0.05) is 16.6 Å². The lowest BCUT2D eigenvalue weighted by Crippen LogP contribution is -2.21. The molecular formula is C11H14BrNO4. The Balaban J connectivity index is 3.39. The van der Waals surface area contributed by atoms with E-state index in [4.69, 9.17) is 20.3 Å². The predicted octanol–water partition coefficient (Wildman–Crippen LogP) is 1.59. The van der Waals surface area contributed by atoms with Crippen LogP contribution in [0.15, 0.2) is 16.6 Å². The molecule has 17 heavy (non-hydrogen) atoms. The van der Waals surface area contributed by atoms with Crippen LogP contribution in [0.4, 0.5) is 0 Å². The third-order valence-corrected chi connectivity index (χ3v) is 2.84. The van der Waals surface area contributed by atoms with Crippen molar-refractivity contribution in [3.8, 4) is 11.5 Å². The lowest BCUT2D eigenvalue weighted by atomic mass is 9.98. The molecule has 6 heteroatoms. The predicted molar refractivity (Wildman–Crippen MR) is 66.7 cm³/mol. The summed E-state index contributed by atoms with van der Waals surface area (Å²) < 4.78 is 11.0. The Kier molecular flexibility index (Phi) is 4.77. The molecule has 1 aromatic carbocycles. The van der Waals surface area contributed by atoms with Crippen molar-refractivity contribution in [3.05, 3.63) is 22.2 Å². The van der Waals surface area contributed by atoms with Crippen molar-refractivity contribution >= 4 is 21.9 Å². The molecule has 0 saturated carbocycles. The van der Waals surface area contributed by atoms with Gasteiger partial charge in [0.2, 0.25) is 0 Å². The minimum atomic E-state index is -0.994. The fraction of sp³-hybridized carbons (Fsp3) is 0.364. The van der Waals surface area contributed by atoms with Gasteiger partial charge in [-0.2, -0.15) is 0 Å². The summed E-state index contributed by atoms with van der Waals surface area (Å²) in [5.41, 5.74) is 5.97. The number of carbonyl (C=O) groups is 1. The van der Waals surface area contributed by atoms with Crippen LogP contribution in [0.25, 0.3) is 0 Å². The maximum Gasteiger partial charge on any atom is 0.312 e. The van der Waals surface area contributed by atoms with Gasteiger partial charge in [-0.3, -0.25) is 4.79 Å². The van der Waals surface area contributed by atoms with E-state index in [1.807, 2.05) is 0 Å². The molecule has 1 unspecified atom stereocenters. The van der Waals surface area contributed by atoms with Crippen molar-refractivity contribution in [1.82, 2.24) is 0 Å². The molecule has 1 atom stereocenters. The highest BCUT2D eigenvalue weighted by molar-refractivity contribution is 9.10. The molecule has 0 radical (unpaired) electrons. The first kappa shape index (κ1) is 13.8. The number of benzene rings is 1. The standard InChI is InChI=1S/C11H14BrNO4/c1-16-9-4-6(12)3-7(10(9)17-2)8(5-13)11(14)15/h3-4,8H,5,13H2,1-2H3,(H,14,15). The van der Waals surface area contributed by atoms with Crippen molar-refractivity contribution in [3.63, 3.8) is 0 Å². The second-order valence-corrected chi connectivity index (χ2v) is 4.27. The maximum atomic E-state index is 11.1. The molecule has 5 nitrogen and oxygen atoms in total. The molecule has 0 aliphatic rings. The first-order chi connectivity index (χ1) is 8.04. The zero-order chi connectivity index (χ0) is 13.0. The molecular weight excluding hydrogens is 290 g/mol. The summed E-state index contributed by atoms with van der Waals surface area (Å²) in [7, 11) is 2.96. The number of carboxylic acid groups (broad SMARTS) is 1. The average Bonchev–Trinajstić information content (AvgIpc) is 2.28. The number of aliphatic carboxylic acids is 1. The molecule has 0 spiro atoms. The highest BCUT2D eigenvalue weighted by Crippen LogP contribution is 2.38. The summed E-state index contributed by atoms with van der Waals surface area (Å²) in [5, 5.41) is 9.11. The molecule has 0 saturated heterocycles. The lowest BCUT2D eigenvalue weighted by molar-refractivity contribution is -0.138. The van der Waals surface area contributed by atoms with E-state index in [-0.39, 0.29) is 6.54 Å². The summed E-state index contributed by atoms with van der Waals surface area (Å²) in [6, 6.07) is 3.38. The van der Waals surface area contributed by atoms with Gasteiger partial charge in [-0.15, -0.1) is 0 Å². The number of hydrogen-bond donors (Lipinski definition) is 2. The Morgan fingerprint density at radius 3 is 2.53 bits per heavy atom. The first-order valence-electron chi connectivity index (χ1n) is 4.89. The average molecular weight is 304 g/mol. The van der Waals surface area contributed by atoms with Gasteiger partial charge in [-0.25, -0.2) is 0 Å². The van der Waals surface area contributed by atoms with Crippen LogP contribution in [-0.4, -0.2) is 31.8 Å². The van der Waals surface area contributed by atoms with Crippen molar-refractivity contribution in [2.45, 2.75) is 5.92 Å². The van der Waals surface area contributed by atoms with E-state index in [1.165, 1.54) is 14.2 Å². The smallest absolute Gasteiger partial charge is 0.312 e. The minimum Gasteiger partial charge on any atom is -0.493 e. The summed E-state index contributed by atoms with van der Waals surface area (Å²) in [5.74, 6) is -0.951. The summed E-state index contributed by atoms with van der Waals surface area (Å²) >= 11 is 3.29. The fourth-order valence-electron chi connectivity index (χ4n) is 1.58. The number of methoxy groups -OCH3 is 2. The largest absolute Gasteiger partial charge is 0.493 e. The van der Waals surface area contributed by atoms with Crippen LogP contribution in [0.1, 0.15) is 11.5 Å². The zero-order valence-electron chi connectivity index (χ0n) is 9.57. The number of rotatable bonds is 5. The van der Waals surface area contributed by atoms with Gasteiger partial charge < -0.3 is 20.3 Å². The Labute approximate surface area is 108 Å². The highest BCUT2D eigenvalue weighted by Gasteiger charge is 2.24. The Morgan fingerprint density at radius 2 is 2.12 bits per heavy atom. The molecule has 0 heterocycles. The second kappa shape index (κ2) is 5.88. The maximum absolute atomic E-state index is 11.1. The molecule has 1 rings (SSSR count). The van der Waals surface area contributed by atoms with Crippen LogP contribution in [0.5, 0.6) is 11.5 Å². The van der Waals surface area contributed by atoms with Gasteiger partial charge in [0.25, 0.3) is 0 Å². The van der Waals surface area contributed by atoms with Crippen molar-refractivity contribution in [1.29, 1.82) is 0 Å². The molecule has 0 bridgehead atoms. The number of hydrogen-bond acceptors (Lipinski definition) is 4. The molecule has 0 aliphatic heterocycles. The first-order valence-corrected chi connectivity index (χ1v) is 5.68. The minimum absolute atomic E-state index is 0.00863. The monoisotopic (exact) mass is 303 g/mol. The van der Waals surface area contributed by atoms with Crippen LogP contribution < -0.4 is 15.2 Å². The van der Waals surface area contributed by atoms with Crippen LogP contribution in [0.3, 0.4) is 0 Å². The lowest BCUT2D eigenvalue weighted by Gasteiger charge is -2.17.